The van der Waals surface area contributed by atoms with Crippen LogP contribution in [0.5, 0.6) is 0 Å². The summed E-state index contributed by atoms with van der Waals surface area (Å²) in [5.41, 5.74) is 3.77. The highest BCUT2D eigenvalue weighted by Crippen LogP contribution is 2.25. The summed E-state index contributed by atoms with van der Waals surface area (Å²) < 4.78 is 5.68. The minimum absolute atomic E-state index is 0.0267. The molecule has 1 N–H and O–H groups in total. The Morgan fingerprint density at radius 3 is 2.83 bits per heavy atom. The number of hydrogen-bond acceptors (Lipinski definition) is 5. The largest absolute Gasteiger partial charge is 0.431 e. The maximum Gasteiger partial charge on any atom is 0.257 e. The van der Waals surface area contributed by atoms with Gasteiger partial charge in [0.15, 0.2) is 5.58 Å². The summed E-state index contributed by atoms with van der Waals surface area (Å²) in [6.45, 7) is 4.25. The highest BCUT2D eigenvalue weighted by molar-refractivity contribution is 7.99. The summed E-state index contributed by atoms with van der Waals surface area (Å²) >= 11 is 13.3. The van der Waals surface area contributed by atoms with Gasteiger partial charge < -0.3 is 14.6 Å². The summed E-state index contributed by atoms with van der Waals surface area (Å²) in [6, 6.07) is 11.5. The number of benzene rings is 2. The van der Waals surface area contributed by atoms with E-state index in [-0.39, 0.29) is 11.7 Å². The third-order valence-corrected chi connectivity index (χ3v) is 5.97. The molecule has 3 rings (SSSR count). The van der Waals surface area contributed by atoms with Crippen LogP contribution in [0.2, 0.25) is 10.0 Å². The number of nitrogens with one attached hydrogen (secondary N) is 1. The molecule has 0 unspecified atom stereocenters. The first kappa shape index (κ1) is 22.0. The monoisotopic (exact) mass is 451 g/mol. The molecule has 1 aromatic heterocycles. The highest BCUT2D eigenvalue weighted by Gasteiger charge is 2.10. The average molecular weight is 452 g/mol. The van der Waals surface area contributed by atoms with Crippen LogP contribution in [0.1, 0.15) is 17.5 Å². The van der Waals surface area contributed by atoms with Crippen LogP contribution in [0.4, 0.5) is 0 Å². The summed E-state index contributed by atoms with van der Waals surface area (Å²) in [5.74, 6) is 0.256. The van der Waals surface area contributed by atoms with Crippen molar-refractivity contribution in [3.05, 3.63) is 57.6 Å². The Bertz CT molecular complexity index is 993. The fourth-order valence-corrected chi connectivity index (χ4v) is 3.89. The molecule has 8 heteroatoms. The van der Waals surface area contributed by atoms with Gasteiger partial charge in [0, 0.05) is 13.1 Å². The summed E-state index contributed by atoms with van der Waals surface area (Å²) in [4.78, 5) is 18.7. The van der Waals surface area contributed by atoms with Gasteiger partial charge in [-0.15, -0.1) is 0 Å². The molecular formula is C21H23Cl2N3O2S. The van der Waals surface area contributed by atoms with Crippen molar-refractivity contribution in [1.29, 1.82) is 0 Å². The number of carbonyl (C=O) groups is 1. The molecule has 0 fully saturated rings. The molecule has 2 aromatic carbocycles. The van der Waals surface area contributed by atoms with Gasteiger partial charge in [0.05, 0.1) is 15.8 Å². The van der Waals surface area contributed by atoms with Crippen LogP contribution in [-0.4, -0.2) is 41.7 Å². The molecule has 0 aliphatic rings. The van der Waals surface area contributed by atoms with Gasteiger partial charge in [-0.2, -0.15) is 0 Å². The smallest absolute Gasteiger partial charge is 0.257 e. The fraction of sp³-hybridized carbons (Fsp3) is 0.333. The zero-order valence-electron chi connectivity index (χ0n) is 16.4. The maximum absolute atomic E-state index is 12.1. The van der Waals surface area contributed by atoms with Crippen LogP contribution in [-0.2, 0) is 11.3 Å². The van der Waals surface area contributed by atoms with Gasteiger partial charge in [-0.25, -0.2) is 4.98 Å². The molecule has 29 heavy (non-hydrogen) atoms. The number of thioether (sulfide) groups is 1. The molecule has 0 spiro atoms. The molecule has 0 atom stereocenters. The minimum Gasteiger partial charge on any atom is -0.431 e. The SMILES string of the molecule is Cc1cccc2oc(SCC(=O)NCCCN(C)Cc3ccc(Cl)c(Cl)c3)nc12. The van der Waals surface area contributed by atoms with Crippen molar-refractivity contribution in [3.63, 3.8) is 0 Å². The van der Waals surface area contributed by atoms with Crippen molar-refractivity contribution in [2.75, 3.05) is 25.9 Å². The molecule has 0 saturated carbocycles. The van der Waals surface area contributed by atoms with E-state index in [9.17, 15) is 4.79 Å². The Balaban J connectivity index is 1.35. The number of oxazole rings is 1. The van der Waals surface area contributed by atoms with Gasteiger partial charge in [-0.3, -0.25) is 4.79 Å². The number of para-hydroxylation sites is 1. The van der Waals surface area contributed by atoms with E-state index in [1.54, 1.807) is 0 Å². The maximum atomic E-state index is 12.1. The molecule has 0 saturated heterocycles. The lowest BCUT2D eigenvalue weighted by Gasteiger charge is -2.17. The number of aromatic nitrogens is 1. The summed E-state index contributed by atoms with van der Waals surface area (Å²) in [7, 11) is 2.04. The Kier molecular flexibility index (Phi) is 7.84. The van der Waals surface area contributed by atoms with Crippen LogP contribution < -0.4 is 5.32 Å². The van der Waals surface area contributed by atoms with E-state index in [4.69, 9.17) is 27.6 Å². The molecule has 154 valence electrons. The first-order valence-electron chi connectivity index (χ1n) is 9.30. The molecule has 1 amide bonds. The van der Waals surface area contributed by atoms with Gasteiger partial charge in [0.1, 0.15) is 5.52 Å². The standard InChI is InChI=1S/C21H23Cl2N3O2S/c1-14-5-3-6-18-20(14)25-21(28-18)29-13-19(27)24-9-4-10-26(2)12-15-7-8-16(22)17(23)11-15/h3,5-8,11H,4,9-10,12-13H2,1-2H3,(H,24,27). The number of fused-ring (bicyclic) bond motifs is 1. The van der Waals surface area contributed by atoms with Gasteiger partial charge in [-0.05, 0) is 56.3 Å². The zero-order valence-corrected chi connectivity index (χ0v) is 18.7. The second-order valence-electron chi connectivity index (χ2n) is 6.88. The number of carbonyl (C=O) groups excluding carboxylic acids is 1. The van der Waals surface area contributed by atoms with Crippen molar-refractivity contribution >= 4 is 52.0 Å². The van der Waals surface area contributed by atoms with E-state index in [1.807, 2.05) is 50.4 Å². The van der Waals surface area contributed by atoms with Crippen LogP contribution in [0, 0.1) is 6.92 Å². The minimum atomic E-state index is -0.0267. The van der Waals surface area contributed by atoms with Crippen LogP contribution in [0.3, 0.4) is 0 Å². The number of halogens is 2. The van der Waals surface area contributed by atoms with E-state index < -0.39 is 0 Å². The second kappa shape index (κ2) is 10.3. The number of hydrogen-bond donors (Lipinski definition) is 1. The third-order valence-electron chi connectivity index (χ3n) is 4.40. The van der Waals surface area contributed by atoms with Crippen molar-refractivity contribution in [1.82, 2.24) is 15.2 Å². The van der Waals surface area contributed by atoms with Crippen LogP contribution in [0.25, 0.3) is 11.1 Å². The van der Waals surface area contributed by atoms with Crippen molar-refractivity contribution in [2.24, 2.45) is 0 Å². The van der Waals surface area contributed by atoms with Gasteiger partial charge in [0.25, 0.3) is 5.22 Å². The summed E-state index contributed by atoms with van der Waals surface area (Å²) in [6.07, 6.45) is 0.857. The molecular weight excluding hydrogens is 429 g/mol. The van der Waals surface area contributed by atoms with Crippen LogP contribution >= 0.6 is 35.0 Å². The van der Waals surface area contributed by atoms with Crippen molar-refractivity contribution < 1.29 is 9.21 Å². The van der Waals surface area contributed by atoms with Crippen LogP contribution in [0.15, 0.2) is 46.0 Å². The van der Waals surface area contributed by atoms with E-state index >= 15 is 0 Å². The Hall–Kier alpha value is -1.73. The normalized spacial score (nSPS) is 11.3. The number of rotatable bonds is 9. The quantitative estimate of drug-likeness (QED) is 0.359. The summed E-state index contributed by atoms with van der Waals surface area (Å²) in [5, 5.41) is 4.59. The third kappa shape index (κ3) is 6.37. The Labute approximate surface area is 184 Å². The molecule has 3 aromatic rings. The average Bonchev–Trinajstić information content (AvgIpc) is 3.11. The molecule has 5 nitrogen and oxygen atoms in total. The topological polar surface area (TPSA) is 58.4 Å². The lowest BCUT2D eigenvalue weighted by Crippen LogP contribution is -2.29. The predicted molar refractivity (Wildman–Crippen MR) is 120 cm³/mol. The Morgan fingerprint density at radius 2 is 2.07 bits per heavy atom. The second-order valence-corrected chi connectivity index (χ2v) is 8.62. The van der Waals surface area contributed by atoms with Gasteiger partial charge >= 0.3 is 0 Å². The predicted octanol–water partition coefficient (Wildman–Crippen LogP) is 5.17. The van der Waals surface area contributed by atoms with Gasteiger partial charge in [-0.1, -0.05) is 53.2 Å². The van der Waals surface area contributed by atoms with E-state index in [1.165, 1.54) is 11.8 Å². The van der Waals surface area contributed by atoms with Gasteiger partial charge in [0.2, 0.25) is 5.91 Å². The molecule has 0 radical (unpaired) electrons. The molecule has 0 aliphatic heterocycles. The lowest BCUT2D eigenvalue weighted by molar-refractivity contribution is -0.118. The number of amides is 1. The Morgan fingerprint density at radius 1 is 1.24 bits per heavy atom. The zero-order chi connectivity index (χ0) is 20.8. The first-order valence-corrected chi connectivity index (χ1v) is 11.0. The van der Waals surface area contributed by atoms with E-state index in [0.717, 1.165) is 41.7 Å². The molecule has 0 bridgehead atoms. The lowest BCUT2D eigenvalue weighted by atomic mass is 10.2. The first-order chi connectivity index (χ1) is 13.9. The number of aryl methyl sites for hydroxylation is 1. The van der Waals surface area contributed by atoms with E-state index in [2.05, 4.69) is 15.2 Å². The molecule has 1 heterocycles. The van der Waals surface area contributed by atoms with Crippen molar-refractivity contribution in [3.8, 4) is 0 Å². The van der Waals surface area contributed by atoms with E-state index in [0.29, 0.717) is 21.8 Å². The van der Waals surface area contributed by atoms with Crippen molar-refractivity contribution in [2.45, 2.75) is 25.1 Å². The number of nitrogens with zero attached hydrogens (tertiary/aromatic N) is 2. The highest BCUT2D eigenvalue weighted by atomic mass is 35.5. The fourth-order valence-electron chi connectivity index (χ4n) is 2.91. The molecule has 0 aliphatic carbocycles.